The van der Waals surface area contributed by atoms with E-state index in [-0.39, 0.29) is 6.04 Å². The SMILES string of the molecule is CC(C)n1c(CN)nnc1SCC(Cl)=CCl. The molecule has 1 aromatic heterocycles. The Morgan fingerprint density at radius 2 is 2.25 bits per heavy atom. The zero-order chi connectivity index (χ0) is 12.1. The van der Waals surface area contributed by atoms with Crippen LogP contribution in [0.3, 0.4) is 0 Å². The summed E-state index contributed by atoms with van der Waals surface area (Å²) in [7, 11) is 0. The summed E-state index contributed by atoms with van der Waals surface area (Å²) in [6.07, 6.45) is 0. The molecule has 0 radical (unpaired) electrons. The molecule has 1 aromatic rings. The van der Waals surface area contributed by atoms with Crippen molar-refractivity contribution in [1.29, 1.82) is 0 Å². The molecule has 90 valence electrons. The second-order valence-electron chi connectivity index (χ2n) is 3.41. The van der Waals surface area contributed by atoms with E-state index in [0.717, 1.165) is 11.0 Å². The van der Waals surface area contributed by atoms with Gasteiger partial charge in [0.15, 0.2) is 5.16 Å². The van der Waals surface area contributed by atoms with Crippen molar-refractivity contribution in [2.75, 3.05) is 5.75 Å². The maximum atomic E-state index is 5.81. The van der Waals surface area contributed by atoms with Crippen molar-refractivity contribution >= 4 is 35.0 Å². The molecule has 0 unspecified atom stereocenters. The van der Waals surface area contributed by atoms with Crippen LogP contribution in [0.5, 0.6) is 0 Å². The van der Waals surface area contributed by atoms with Crippen molar-refractivity contribution in [3.8, 4) is 0 Å². The minimum Gasteiger partial charge on any atom is -0.324 e. The highest BCUT2D eigenvalue weighted by Gasteiger charge is 2.14. The van der Waals surface area contributed by atoms with E-state index >= 15 is 0 Å². The van der Waals surface area contributed by atoms with Crippen molar-refractivity contribution < 1.29 is 0 Å². The number of nitrogens with zero attached hydrogens (tertiary/aromatic N) is 3. The summed E-state index contributed by atoms with van der Waals surface area (Å²) >= 11 is 12.8. The van der Waals surface area contributed by atoms with Crippen LogP contribution in [0.15, 0.2) is 15.7 Å². The first kappa shape index (κ1) is 13.8. The van der Waals surface area contributed by atoms with Crippen LogP contribution in [0, 0.1) is 0 Å². The van der Waals surface area contributed by atoms with E-state index < -0.39 is 0 Å². The molecule has 0 atom stereocenters. The Labute approximate surface area is 109 Å². The van der Waals surface area contributed by atoms with E-state index in [2.05, 4.69) is 24.0 Å². The lowest BCUT2D eigenvalue weighted by Crippen LogP contribution is -2.11. The summed E-state index contributed by atoms with van der Waals surface area (Å²) < 4.78 is 2.00. The summed E-state index contributed by atoms with van der Waals surface area (Å²) in [5.41, 5.74) is 6.95. The number of aromatic nitrogens is 3. The summed E-state index contributed by atoms with van der Waals surface area (Å²) in [5.74, 6) is 1.36. The van der Waals surface area contributed by atoms with Crippen molar-refractivity contribution in [1.82, 2.24) is 14.8 Å². The van der Waals surface area contributed by atoms with Gasteiger partial charge < -0.3 is 10.3 Å². The van der Waals surface area contributed by atoms with Crippen LogP contribution in [-0.4, -0.2) is 20.5 Å². The number of hydrogen-bond acceptors (Lipinski definition) is 4. The van der Waals surface area contributed by atoms with E-state index in [9.17, 15) is 0 Å². The zero-order valence-corrected chi connectivity index (χ0v) is 11.5. The first-order valence-corrected chi connectivity index (χ1v) is 6.61. The maximum Gasteiger partial charge on any atom is 0.191 e. The van der Waals surface area contributed by atoms with Crippen molar-refractivity contribution in [3.63, 3.8) is 0 Å². The Hall–Kier alpha value is -0.230. The molecule has 1 heterocycles. The van der Waals surface area contributed by atoms with Crippen LogP contribution in [0.2, 0.25) is 0 Å². The quantitative estimate of drug-likeness (QED) is 0.843. The van der Waals surface area contributed by atoms with Gasteiger partial charge >= 0.3 is 0 Å². The second kappa shape index (κ2) is 6.49. The fraction of sp³-hybridized carbons (Fsp3) is 0.556. The van der Waals surface area contributed by atoms with Gasteiger partial charge in [0.1, 0.15) is 5.82 Å². The Morgan fingerprint density at radius 1 is 1.56 bits per heavy atom. The van der Waals surface area contributed by atoms with Gasteiger partial charge in [-0.3, -0.25) is 0 Å². The maximum absolute atomic E-state index is 5.81. The van der Waals surface area contributed by atoms with Crippen LogP contribution in [-0.2, 0) is 6.54 Å². The highest BCUT2D eigenvalue weighted by Crippen LogP contribution is 2.24. The number of rotatable bonds is 5. The van der Waals surface area contributed by atoms with Gasteiger partial charge in [-0.15, -0.1) is 10.2 Å². The molecule has 0 saturated heterocycles. The molecular weight excluding hydrogens is 267 g/mol. The third-order valence-electron chi connectivity index (χ3n) is 1.89. The normalized spacial score (nSPS) is 12.5. The Bertz CT molecular complexity index is 376. The average Bonchev–Trinajstić information content (AvgIpc) is 2.68. The molecule has 7 heteroatoms. The molecule has 4 nitrogen and oxygen atoms in total. The summed E-state index contributed by atoms with van der Waals surface area (Å²) in [5, 5.41) is 9.51. The van der Waals surface area contributed by atoms with E-state index in [1.165, 1.54) is 17.3 Å². The average molecular weight is 281 g/mol. The molecular formula is C9H14Cl2N4S. The number of thioether (sulfide) groups is 1. The summed E-state index contributed by atoms with van der Waals surface area (Å²) in [6.45, 7) is 4.50. The molecule has 0 spiro atoms. The van der Waals surface area contributed by atoms with Gasteiger partial charge in [-0.25, -0.2) is 0 Å². The molecule has 0 aliphatic rings. The van der Waals surface area contributed by atoms with Crippen molar-refractivity contribution in [3.05, 3.63) is 16.4 Å². The van der Waals surface area contributed by atoms with Gasteiger partial charge in [0.2, 0.25) is 0 Å². The Kier molecular flexibility index (Phi) is 5.61. The van der Waals surface area contributed by atoms with Crippen LogP contribution in [0.1, 0.15) is 25.7 Å². The topological polar surface area (TPSA) is 56.7 Å². The monoisotopic (exact) mass is 280 g/mol. The minimum atomic E-state index is 0.273. The minimum absolute atomic E-state index is 0.273. The van der Waals surface area contributed by atoms with E-state index in [1.54, 1.807) is 0 Å². The smallest absolute Gasteiger partial charge is 0.191 e. The third kappa shape index (κ3) is 3.38. The Morgan fingerprint density at radius 3 is 2.75 bits per heavy atom. The molecule has 0 saturated carbocycles. The molecule has 0 aliphatic carbocycles. The largest absolute Gasteiger partial charge is 0.324 e. The van der Waals surface area contributed by atoms with E-state index in [1.807, 2.05) is 4.57 Å². The first-order chi connectivity index (χ1) is 7.60. The molecule has 1 rings (SSSR count). The lowest BCUT2D eigenvalue weighted by atomic mass is 10.4. The molecule has 0 aliphatic heterocycles. The van der Waals surface area contributed by atoms with E-state index in [4.69, 9.17) is 28.9 Å². The molecule has 0 bridgehead atoms. The molecule has 0 amide bonds. The van der Waals surface area contributed by atoms with Gasteiger partial charge in [0.05, 0.1) is 6.54 Å². The van der Waals surface area contributed by atoms with Crippen molar-refractivity contribution in [2.24, 2.45) is 5.73 Å². The number of hydrogen-bond donors (Lipinski definition) is 1. The zero-order valence-electron chi connectivity index (χ0n) is 9.15. The number of halogens is 2. The standard InChI is InChI=1S/C9H14Cl2N4S/c1-6(2)15-8(4-12)13-14-9(15)16-5-7(11)3-10/h3,6H,4-5,12H2,1-2H3. The van der Waals surface area contributed by atoms with Gasteiger partial charge in [0, 0.05) is 22.4 Å². The molecule has 0 fully saturated rings. The van der Waals surface area contributed by atoms with Crippen LogP contribution < -0.4 is 5.73 Å². The molecule has 0 aromatic carbocycles. The molecule has 16 heavy (non-hydrogen) atoms. The fourth-order valence-corrected chi connectivity index (χ4v) is 2.47. The number of nitrogens with two attached hydrogens (primary N) is 1. The lowest BCUT2D eigenvalue weighted by Gasteiger charge is -2.12. The van der Waals surface area contributed by atoms with Gasteiger partial charge in [-0.2, -0.15) is 0 Å². The first-order valence-electron chi connectivity index (χ1n) is 4.81. The van der Waals surface area contributed by atoms with Gasteiger partial charge in [-0.1, -0.05) is 35.0 Å². The van der Waals surface area contributed by atoms with Crippen LogP contribution >= 0.6 is 35.0 Å². The fourth-order valence-electron chi connectivity index (χ4n) is 1.23. The lowest BCUT2D eigenvalue weighted by molar-refractivity contribution is 0.526. The molecule has 2 N–H and O–H groups in total. The van der Waals surface area contributed by atoms with Crippen LogP contribution in [0.4, 0.5) is 0 Å². The van der Waals surface area contributed by atoms with Crippen LogP contribution in [0.25, 0.3) is 0 Å². The highest BCUT2D eigenvalue weighted by atomic mass is 35.5. The van der Waals surface area contributed by atoms with Gasteiger partial charge in [0.25, 0.3) is 0 Å². The summed E-state index contributed by atoms with van der Waals surface area (Å²) in [6, 6.07) is 0.273. The van der Waals surface area contributed by atoms with Gasteiger partial charge in [-0.05, 0) is 13.8 Å². The Balaban J connectivity index is 2.83. The van der Waals surface area contributed by atoms with E-state index in [0.29, 0.717) is 17.3 Å². The highest BCUT2D eigenvalue weighted by molar-refractivity contribution is 7.99. The second-order valence-corrected chi connectivity index (χ2v) is 5.06. The predicted octanol–water partition coefficient (Wildman–Crippen LogP) is 2.73. The third-order valence-corrected chi connectivity index (χ3v) is 3.66. The predicted molar refractivity (Wildman–Crippen MR) is 68.8 cm³/mol. The van der Waals surface area contributed by atoms with Crippen molar-refractivity contribution in [2.45, 2.75) is 31.6 Å². The summed E-state index contributed by atoms with van der Waals surface area (Å²) in [4.78, 5) is 0.